The molecular formula is C12H20N2. The highest BCUT2D eigenvalue weighted by atomic mass is 15.1. The summed E-state index contributed by atoms with van der Waals surface area (Å²) in [6.07, 6.45) is 9.68. The van der Waals surface area contributed by atoms with E-state index >= 15 is 0 Å². The normalized spacial score (nSPS) is 17.9. The van der Waals surface area contributed by atoms with E-state index in [9.17, 15) is 0 Å². The highest BCUT2D eigenvalue weighted by molar-refractivity contribution is 5.17. The molecule has 1 aromatic rings. The first-order valence-corrected chi connectivity index (χ1v) is 5.87. The topological polar surface area (TPSA) is 17.8 Å². The highest BCUT2D eigenvalue weighted by Gasteiger charge is 2.17. The predicted molar refractivity (Wildman–Crippen MR) is 58.5 cm³/mol. The summed E-state index contributed by atoms with van der Waals surface area (Å²) < 4.78 is 2.40. The lowest BCUT2D eigenvalue weighted by atomic mass is 10.0. The van der Waals surface area contributed by atoms with Crippen molar-refractivity contribution in [2.75, 3.05) is 0 Å². The van der Waals surface area contributed by atoms with Gasteiger partial charge in [-0.2, -0.15) is 0 Å². The van der Waals surface area contributed by atoms with Crippen LogP contribution in [0.2, 0.25) is 0 Å². The molecule has 0 bridgehead atoms. The number of hydrogen-bond acceptors (Lipinski definition) is 1. The molecule has 0 spiro atoms. The van der Waals surface area contributed by atoms with Crippen LogP contribution >= 0.6 is 0 Å². The molecule has 2 heteroatoms. The van der Waals surface area contributed by atoms with Gasteiger partial charge in [-0.1, -0.05) is 13.3 Å². The fraction of sp³-hybridized carbons (Fsp3) is 0.750. The first-order valence-electron chi connectivity index (χ1n) is 5.87. The number of aryl methyl sites for hydroxylation is 1. The van der Waals surface area contributed by atoms with Gasteiger partial charge in [-0.15, -0.1) is 0 Å². The van der Waals surface area contributed by atoms with Crippen molar-refractivity contribution < 1.29 is 0 Å². The largest absolute Gasteiger partial charge is 0.332 e. The quantitative estimate of drug-likeness (QED) is 0.719. The molecule has 0 amide bonds. The van der Waals surface area contributed by atoms with Crippen LogP contribution in [0.1, 0.15) is 57.0 Å². The third-order valence-corrected chi connectivity index (χ3v) is 3.24. The number of fused-ring (bicyclic) bond motifs is 1. The highest BCUT2D eigenvalue weighted by Crippen LogP contribution is 2.24. The zero-order chi connectivity index (χ0) is 9.97. The summed E-state index contributed by atoms with van der Waals surface area (Å²) in [7, 11) is 0. The Hall–Kier alpha value is -0.790. The molecule has 0 saturated heterocycles. The van der Waals surface area contributed by atoms with Gasteiger partial charge >= 0.3 is 0 Å². The summed E-state index contributed by atoms with van der Waals surface area (Å²) in [6.45, 7) is 4.56. The first-order chi connectivity index (χ1) is 6.83. The molecule has 0 fully saturated rings. The van der Waals surface area contributed by atoms with E-state index in [2.05, 4.69) is 29.7 Å². The van der Waals surface area contributed by atoms with Gasteiger partial charge in [-0.3, -0.25) is 0 Å². The van der Waals surface area contributed by atoms with Crippen LogP contribution in [-0.4, -0.2) is 9.55 Å². The van der Waals surface area contributed by atoms with Crippen molar-refractivity contribution in [3.8, 4) is 0 Å². The molecule has 0 N–H and O–H groups in total. The van der Waals surface area contributed by atoms with Gasteiger partial charge in [0, 0.05) is 11.7 Å². The Morgan fingerprint density at radius 1 is 1.43 bits per heavy atom. The molecule has 14 heavy (non-hydrogen) atoms. The first kappa shape index (κ1) is 9.75. The Kier molecular flexibility index (Phi) is 2.90. The van der Waals surface area contributed by atoms with E-state index in [1.54, 1.807) is 0 Å². The van der Waals surface area contributed by atoms with Gasteiger partial charge in [-0.05, 0) is 39.0 Å². The summed E-state index contributed by atoms with van der Waals surface area (Å²) >= 11 is 0. The predicted octanol–water partition coefficient (Wildman–Crippen LogP) is 3.12. The number of rotatable bonds is 3. The van der Waals surface area contributed by atoms with E-state index in [0.717, 1.165) is 0 Å². The van der Waals surface area contributed by atoms with Crippen LogP contribution in [0.3, 0.4) is 0 Å². The fourth-order valence-electron chi connectivity index (χ4n) is 2.43. The second-order valence-electron chi connectivity index (χ2n) is 4.39. The van der Waals surface area contributed by atoms with Crippen LogP contribution in [0.25, 0.3) is 0 Å². The standard InChI is InChI=1S/C12H20N2/c1-3-6-10(2)14-9-13-11-7-4-5-8-12(11)14/h9-10H,3-8H2,1-2H3. The average molecular weight is 192 g/mol. The number of hydrogen-bond donors (Lipinski definition) is 0. The molecule has 0 saturated carbocycles. The maximum Gasteiger partial charge on any atom is 0.0954 e. The van der Waals surface area contributed by atoms with Crippen LogP contribution in [0, 0.1) is 0 Å². The Morgan fingerprint density at radius 2 is 2.21 bits per heavy atom. The molecule has 78 valence electrons. The van der Waals surface area contributed by atoms with Crippen molar-refractivity contribution in [1.29, 1.82) is 0 Å². The van der Waals surface area contributed by atoms with Crippen molar-refractivity contribution in [2.24, 2.45) is 0 Å². The van der Waals surface area contributed by atoms with Gasteiger partial charge in [0.05, 0.1) is 12.0 Å². The van der Waals surface area contributed by atoms with Gasteiger partial charge in [0.1, 0.15) is 0 Å². The average Bonchev–Trinajstić information content (AvgIpc) is 2.61. The minimum absolute atomic E-state index is 0.634. The molecule has 0 aliphatic heterocycles. The molecular weight excluding hydrogens is 172 g/mol. The summed E-state index contributed by atoms with van der Waals surface area (Å²) in [5.41, 5.74) is 2.87. The number of imidazole rings is 1. The molecule has 1 unspecified atom stereocenters. The fourth-order valence-corrected chi connectivity index (χ4v) is 2.43. The minimum atomic E-state index is 0.634. The Morgan fingerprint density at radius 3 is 3.00 bits per heavy atom. The van der Waals surface area contributed by atoms with E-state index in [-0.39, 0.29) is 0 Å². The zero-order valence-corrected chi connectivity index (χ0v) is 9.29. The zero-order valence-electron chi connectivity index (χ0n) is 9.29. The Labute approximate surface area is 86.3 Å². The van der Waals surface area contributed by atoms with Gasteiger partial charge in [-0.25, -0.2) is 4.98 Å². The molecule has 2 nitrogen and oxygen atoms in total. The van der Waals surface area contributed by atoms with Crippen molar-refractivity contribution in [1.82, 2.24) is 9.55 Å². The number of nitrogens with zero attached hydrogens (tertiary/aromatic N) is 2. The second kappa shape index (κ2) is 4.16. The summed E-state index contributed by atoms with van der Waals surface area (Å²) in [6, 6.07) is 0.634. The maximum absolute atomic E-state index is 4.52. The molecule has 0 radical (unpaired) electrons. The minimum Gasteiger partial charge on any atom is -0.332 e. The van der Waals surface area contributed by atoms with Crippen LogP contribution in [0.4, 0.5) is 0 Å². The van der Waals surface area contributed by atoms with Crippen LogP contribution in [0.5, 0.6) is 0 Å². The van der Waals surface area contributed by atoms with E-state index in [4.69, 9.17) is 0 Å². The van der Waals surface area contributed by atoms with Crippen LogP contribution in [0.15, 0.2) is 6.33 Å². The van der Waals surface area contributed by atoms with Crippen molar-refractivity contribution in [3.05, 3.63) is 17.7 Å². The SMILES string of the molecule is CCCC(C)n1cnc2c1CCCC2. The molecule has 1 aliphatic rings. The third-order valence-electron chi connectivity index (χ3n) is 3.24. The van der Waals surface area contributed by atoms with Crippen molar-refractivity contribution in [3.63, 3.8) is 0 Å². The van der Waals surface area contributed by atoms with Crippen LogP contribution in [-0.2, 0) is 12.8 Å². The van der Waals surface area contributed by atoms with Gasteiger partial charge < -0.3 is 4.57 Å². The molecule has 0 aromatic carbocycles. The monoisotopic (exact) mass is 192 g/mol. The number of aromatic nitrogens is 2. The van der Waals surface area contributed by atoms with Crippen molar-refractivity contribution in [2.45, 2.75) is 58.4 Å². The van der Waals surface area contributed by atoms with E-state index in [1.165, 1.54) is 49.9 Å². The molecule has 1 atom stereocenters. The molecule has 1 heterocycles. The maximum atomic E-state index is 4.52. The summed E-state index contributed by atoms with van der Waals surface area (Å²) in [4.78, 5) is 4.52. The Bertz CT molecular complexity index is 301. The van der Waals surface area contributed by atoms with E-state index in [1.807, 2.05) is 0 Å². The van der Waals surface area contributed by atoms with Gasteiger partial charge in [0.2, 0.25) is 0 Å². The molecule has 2 rings (SSSR count). The molecule has 1 aromatic heterocycles. The smallest absolute Gasteiger partial charge is 0.0954 e. The van der Waals surface area contributed by atoms with E-state index < -0.39 is 0 Å². The van der Waals surface area contributed by atoms with E-state index in [0.29, 0.717) is 6.04 Å². The van der Waals surface area contributed by atoms with Crippen molar-refractivity contribution >= 4 is 0 Å². The lowest BCUT2D eigenvalue weighted by molar-refractivity contribution is 0.475. The van der Waals surface area contributed by atoms with Crippen LogP contribution < -0.4 is 0 Å². The van der Waals surface area contributed by atoms with Gasteiger partial charge in [0.25, 0.3) is 0 Å². The van der Waals surface area contributed by atoms with Gasteiger partial charge in [0.15, 0.2) is 0 Å². The Balaban J connectivity index is 2.21. The lowest BCUT2D eigenvalue weighted by Gasteiger charge is -2.18. The second-order valence-corrected chi connectivity index (χ2v) is 4.39. The third kappa shape index (κ3) is 1.70. The summed E-state index contributed by atoms with van der Waals surface area (Å²) in [5, 5.41) is 0. The lowest BCUT2D eigenvalue weighted by Crippen LogP contribution is -2.11. The molecule has 1 aliphatic carbocycles. The summed E-state index contributed by atoms with van der Waals surface area (Å²) in [5.74, 6) is 0.